The van der Waals surface area contributed by atoms with E-state index >= 15 is 0 Å². The third kappa shape index (κ3) is 5.96. The van der Waals surface area contributed by atoms with Crippen LogP contribution in [-0.4, -0.2) is 36.9 Å². The topological polar surface area (TPSA) is 94.8 Å². The molecule has 8 nitrogen and oxygen atoms in total. The van der Waals surface area contributed by atoms with Gasteiger partial charge in [0.25, 0.3) is 0 Å². The highest BCUT2D eigenvalue weighted by atomic mass is 35.5. The molecular formula is C25H25ClN6O2. The van der Waals surface area contributed by atoms with E-state index in [9.17, 15) is 4.79 Å². The Morgan fingerprint density at radius 3 is 2.56 bits per heavy atom. The van der Waals surface area contributed by atoms with Crippen LogP contribution in [0.3, 0.4) is 0 Å². The van der Waals surface area contributed by atoms with Gasteiger partial charge >= 0.3 is 6.09 Å². The predicted molar refractivity (Wildman–Crippen MR) is 130 cm³/mol. The Morgan fingerprint density at radius 2 is 1.91 bits per heavy atom. The maximum Gasteiger partial charge on any atom is 0.408 e. The van der Waals surface area contributed by atoms with Crippen molar-refractivity contribution < 1.29 is 9.53 Å². The molecule has 2 aromatic heterocycles. The Morgan fingerprint density at radius 1 is 1.12 bits per heavy atom. The number of benzene rings is 2. The molecule has 0 aliphatic heterocycles. The Labute approximate surface area is 202 Å². The summed E-state index contributed by atoms with van der Waals surface area (Å²) in [6, 6.07) is 18.9. The van der Waals surface area contributed by atoms with E-state index in [1.807, 2.05) is 75.4 Å². The third-order valence-corrected chi connectivity index (χ3v) is 5.22. The standard InChI is InChI=1S/C25H25ClN6O2/c1-25(2,3)34-24(33)29-22(13-17-7-5-4-6-8-17)21-11-9-18(15-27-21)20-14-19(26)10-12-23(20)32-16-28-30-31-32/h4-12,14-16,22H,13H2,1-3H3,(H,29,33)/t22-/m0/s1. The molecule has 0 bridgehead atoms. The molecule has 9 heteroatoms. The molecule has 0 radical (unpaired) electrons. The lowest BCUT2D eigenvalue weighted by molar-refractivity contribution is 0.0502. The molecule has 0 spiro atoms. The Balaban J connectivity index is 1.64. The van der Waals surface area contributed by atoms with Gasteiger partial charge in [-0.25, -0.2) is 4.79 Å². The molecule has 1 amide bonds. The van der Waals surface area contributed by atoms with Gasteiger partial charge in [0, 0.05) is 22.3 Å². The fourth-order valence-corrected chi connectivity index (χ4v) is 3.68. The summed E-state index contributed by atoms with van der Waals surface area (Å²) in [4.78, 5) is 17.2. The molecular weight excluding hydrogens is 452 g/mol. The highest BCUT2D eigenvalue weighted by Gasteiger charge is 2.22. The highest BCUT2D eigenvalue weighted by molar-refractivity contribution is 6.31. The zero-order chi connectivity index (χ0) is 24.1. The van der Waals surface area contributed by atoms with E-state index in [1.165, 1.54) is 6.33 Å². The summed E-state index contributed by atoms with van der Waals surface area (Å²) in [5, 5.41) is 15.0. The first kappa shape index (κ1) is 23.4. The Bertz CT molecular complexity index is 1240. The van der Waals surface area contributed by atoms with Gasteiger partial charge in [0.05, 0.1) is 17.4 Å². The number of tetrazole rings is 1. The first-order valence-corrected chi connectivity index (χ1v) is 11.2. The number of carbonyl (C=O) groups is 1. The van der Waals surface area contributed by atoms with E-state index in [4.69, 9.17) is 16.3 Å². The number of halogens is 1. The smallest absolute Gasteiger partial charge is 0.408 e. The van der Waals surface area contributed by atoms with Crippen molar-refractivity contribution in [3.63, 3.8) is 0 Å². The first-order valence-electron chi connectivity index (χ1n) is 10.8. The number of rotatable bonds is 6. The summed E-state index contributed by atoms with van der Waals surface area (Å²) >= 11 is 6.27. The summed E-state index contributed by atoms with van der Waals surface area (Å²) in [6.45, 7) is 5.50. The second kappa shape index (κ2) is 10.0. The Hall–Kier alpha value is -3.78. The van der Waals surface area contributed by atoms with Crippen molar-refractivity contribution in [1.82, 2.24) is 30.5 Å². The number of carbonyl (C=O) groups excluding carboxylic acids is 1. The summed E-state index contributed by atoms with van der Waals surface area (Å²) < 4.78 is 7.05. The molecule has 4 aromatic rings. The van der Waals surface area contributed by atoms with Gasteiger partial charge in [-0.2, -0.15) is 4.68 Å². The minimum Gasteiger partial charge on any atom is -0.444 e. The van der Waals surface area contributed by atoms with Crippen LogP contribution < -0.4 is 5.32 Å². The molecule has 0 fully saturated rings. The molecule has 0 saturated heterocycles. The molecule has 4 rings (SSSR count). The van der Waals surface area contributed by atoms with Crippen LogP contribution in [0.1, 0.15) is 38.1 Å². The third-order valence-electron chi connectivity index (χ3n) is 4.98. The van der Waals surface area contributed by atoms with Gasteiger partial charge in [0.2, 0.25) is 0 Å². The zero-order valence-corrected chi connectivity index (χ0v) is 19.9. The van der Waals surface area contributed by atoms with Crippen molar-refractivity contribution in [3.8, 4) is 16.8 Å². The van der Waals surface area contributed by atoms with Gasteiger partial charge in [-0.1, -0.05) is 48.0 Å². The van der Waals surface area contributed by atoms with Crippen molar-refractivity contribution in [2.24, 2.45) is 0 Å². The van der Waals surface area contributed by atoms with Crippen molar-refractivity contribution in [3.05, 3.63) is 89.5 Å². The average Bonchev–Trinajstić information content (AvgIpc) is 3.33. The van der Waals surface area contributed by atoms with Crippen molar-refractivity contribution >= 4 is 17.7 Å². The zero-order valence-electron chi connectivity index (χ0n) is 19.1. The number of nitrogens with one attached hydrogen (secondary N) is 1. The molecule has 0 unspecified atom stereocenters. The molecule has 34 heavy (non-hydrogen) atoms. The van der Waals surface area contributed by atoms with E-state index in [0.29, 0.717) is 17.1 Å². The number of hydrogen-bond acceptors (Lipinski definition) is 6. The monoisotopic (exact) mass is 476 g/mol. The molecule has 1 atom stereocenters. The van der Waals surface area contributed by atoms with Crippen LogP contribution in [0, 0.1) is 0 Å². The van der Waals surface area contributed by atoms with Gasteiger partial charge in [-0.05, 0) is 67.4 Å². The highest BCUT2D eigenvalue weighted by Crippen LogP contribution is 2.30. The average molecular weight is 477 g/mol. The fraction of sp³-hybridized carbons (Fsp3) is 0.240. The number of hydrogen-bond donors (Lipinski definition) is 1. The predicted octanol–water partition coefficient (Wildman–Crippen LogP) is 5.19. The van der Waals surface area contributed by atoms with Gasteiger partial charge < -0.3 is 10.1 Å². The molecule has 174 valence electrons. The summed E-state index contributed by atoms with van der Waals surface area (Å²) in [7, 11) is 0. The molecule has 0 saturated carbocycles. The maximum absolute atomic E-state index is 12.5. The second-order valence-electron chi connectivity index (χ2n) is 8.78. The molecule has 2 heterocycles. The summed E-state index contributed by atoms with van der Waals surface area (Å²) in [6.07, 6.45) is 3.35. The van der Waals surface area contributed by atoms with E-state index in [2.05, 4.69) is 25.8 Å². The number of alkyl carbamates (subject to hydrolysis) is 1. The van der Waals surface area contributed by atoms with E-state index in [1.54, 1.807) is 16.9 Å². The largest absolute Gasteiger partial charge is 0.444 e. The van der Waals surface area contributed by atoms with Gasteiger partial charge in [0.1, 0.15) is 11.9 Å². The Kier molecular flexibility index (Phi) is 6.88. The molecule has 2 aromatic carbocycles. The number of ether oxygens (including phenoxy) is 1. The lowest BCUT2D eigenvalue weighted by atomic mass is 10.0. The number of nitrogens with zero attached hydrogens (tertiary/aromatic N) is 5. The number of amides is 1. The van der Waals surface area contributed by atoms with E-state index in [0.717, 1.165) is 22.4 Å². The first-order chi connectivity index (χ1) is 16.3. The SMILES string of the molecule is CC(C)(C)OC(=O)N[C@@H](Cc1ccccc1)c1ccc(-c2cc(Cl)ccc2-n2cnnn2)cn1. The molecule has 0 aliphatic carbocycles. The van der Waals surface area contributed by atoms with Gasteiger partial charge in [0.15, 0.2) is 0 Å². The van der Waals surface area contributed by atoms with Crippen LogP contribution in [0.15, 0.2) is 73.2 Å². The summed E-state index contributed by atoms with van der Waals surface area (Å²) in [5.41, 5.74) is 3.63. The van der Waals surface area contributed by atoms with E-state index in [-0.39, 0.29) is 6.04 Å². The number of aromatic nitrogens is 5. The lowest BCUT2D eigenvalue weighted by Crippen LogP contribution is -2.36. The van der Waals surface area contributed by atoms with E-state index < -0.39 is 11.7 Å². The van der Waals surface area contributed by atoms with Crippen LogP contribution >= 0.6 is 11.6 Å². The molecule has 0 aliphatic rings. The van der Waals surface area contributed by atoms with Gasteiger partial charge in [-0.15, -0.1) is 5.10 Å². The second-order valence-corrected chi connectivity index (χ2v) is 9.21. The van der Waals surface area contributed by atoms with Crippen LogP contribution in [0.4, 0.5) is 4.79 Å². The van der Waals surface area contributed by atoms with Crippen molar-refractivity contribution in [1.29, 1.82) is 0 Å². The van der Waals surface area contributed by atoms with Crippen LogP contribution in [0.2, 0.25) is 5.02 Å². The summed E-state index contributed by atoms with van der Waals surface area (Å²) in [5.74, 6) is 0. The van der Waals surface area contributed by atoms with Crippen molar-refractivity contribution in [2.75, 3.05) is 0 Å². The van der Waals surface area contributed by atoms with Crippen LogP contribution in [0.5, 0.6) is 0 Å². The minimum atomic E-state index is -0.599. The maximum atomic E-state index is 12.5. The number of pyridine rings is 1. The normalized spacial score (nSPS) is 12.2. The molecule has 1 N–H and O–H groups in total. The van der Waals surface area contributed by atoms with Crippen LogP contribution in [-0.2, 0) is 11.2 Å². The quantitative estimate of drug-likeness (QED) is 0.411. The fourth-order valence-electron chi connectivity index (χ4n) is 3.51. The van der Waals surface area contributed by atoms with Crippen LogP contribution in [0.25, 0.3) is 16.8 Å². The lowest BCUT2D eigenvalue weighted by Gasteiger charge is -2.24. The van der Waals surface area contributed by atoms with Gasteiger partial charge in [-0.3, -0.25) is 4.98 Å². The minimum absolute atomic E-state index is 0.371. The van der Waals surface area contributed by atoms with Crippen molar-refractivity contribution in [2.45, 2.75) is 38.8 Å².